The maximum absolute atomic E-state index is 11.6. The van der Waals surface area contributed by atoms with Crippen LogP contribution in [-0.2, 0) is 14.3 Å². The Labute approximate surface area is 132 Å². The van der Waals surface area contributed by atoms with E-state index < -0.39 is 18.5 Å². The van der Waals surface area contributed by atoms with Crippen molar-refractivity contribution in [2.45, 2.75) is 0 Å². The molecule has 3 N–H and O–H groups in total. The fourth-order valence-electron chi connectivity index (χ4n) is 1.71. The summed E-state index contributed by atoms with van der Waals surface area (Å²) in [5.41, 5.74) is 1.12. The van der Waals surface area contributed by atoms with Crippen LogP contribution < -0.4 is 5.32 Å². The third kappa shape index (κ3) is 5.20. The summed E-state index contributed by atoms with van der Waals surface area (Å²) in [5.74, 6) is -1.67. The van der Waals surface area contributed by atoms with Crippen LogP contribution in [0.25, 0.3) is 6.08 Å². The number of esters is 1. The second kappa shape index (κ2) is 7.65. The van der Waals surface area contributed by atoms with Crippen molar-refractivity contribution in [3.63, 3.8) is 0 Å². The molecule has 2 rings (SSSR count). The van der Waals surface area contributed by atoms with Crippen molar-refractivity contribution < 1.29 is 24.5 Å². The van der Waals surface area contributed by atoms with Gasteiger partial charge in [0.2, 0.25) is 0 Å². The first-order valence-corrected chi connectivity index (χ1v) is 6.76. The van der Waals surface area contributed by atoms with Gasteiger partial charge < -0.3 is 20.3 Å². The van der Waals surface area contributed by atoms with Crippen LogP contribution in [0.5, 0.6) is 11.5 Å². The number of phenolic OH excluding ortho intramolecular Hbond substituents is 2. The number of rotatable bonds is 5. The van der Waals surface area contributed by atoms with Crippen molar-refractivity contribution in [3.8, 4) is 11.5 Å². The van der Waals surface area contributed by atoms with Crippen LogP contribution in [0.1, 0.15) is 5.56 Å². The number of para-hydroxylation sites is 1. The Balaban J connectivity index is 1.81. The van der Waals surface area contributed by atoms with Gasteiger partial charge in [-0.15, -0.1) is 0 Å². The van der Waals surface area contributed by atoms with Crippen molar-refractivity contribution >= 4 is 23.6 Å². The molecular weight excluding hydrogens is 298 g/mol. The Morgan fingerprint density at radius 2 is 1.78 bits per heavy atom. The van der Waals surface area contributed by atoms with E-state index in [0.29, 0.717) is 11.3 Å². The molecule has 6 heteroatoms. The van der Waals surface area contributed by atoms with Gasteiger partial charge in [-0.3, -0.25) is 4.79 Å². The van der Waals surface area contributed by atoms with E-state index >= 15 is 0 Å². The molecule has 2 aromatic rings. The number of nitrogens with one attached hydrogen (secondary N) is 1. The molecule has 0 atom stereocenters. The van der Waals surface area contributed by atoms with E-state index in [1.54, 1.807) is 24.3 Å². The van der Waals surface area contributed by atoms with E-state index in [2.05, 4.69) is 5.32 Å². The molecule has 0 saturated carbocycles. The van der Waals surface area contributed by atoms with Crippen LogP contribution in [-0.4, -0.2) is 28.7 Å². The molecule has 0 aliphatic carbocycles. The number of aromatic hydroxyl groups is 2. The highest BCUT2D eigenvalue weighted by Crippen LogP contribution is 2.25. The van der Waals surface area contributed by atoms with Crippen molar-refractivity contribution in [1.82, 2.24) is 0 Å². The lowest BCUT2D eigenvalue weighted by atomic mass is 10.2. The fourth-order valence-corrected chi connectivity index (χ4v) is 1.71. The van der Waals surface area contributed by atoms with Gasteiger partial charge in [0, 0.05) is 11.8 Å². The second-order valence-electron chi connectivity index (χ2n) is 4.60. The molecule has 0 bridgehead atoms. The number of anilines is 1. The van der Waals surface area contributed by atoms with Crippen LogP contribution in [0.2, 0.25) is 0 Å². The second-order valence-corrected chi connectivity index (χ2v) is 4.60. The highest BCUT2D eigenvalue weighted by molar-refractivity contribution is 5.94. The zero-order valence-electron chi connectivity index (χ0n) is 12.1. The lowest BCUT2D eigenvalue weighted by Crippen LogP contribution is -2.20. The quantitative estimate of drug-likeness (QED) is 0.447. The molecule has 0 unspecified atom stereocenters. The Morgan fingerprint density at radius 3 is 2.48 bits per heavy atom. The summed E-state index contributed by atoms with van der Waals surface area (Å²) in [5, 5.41) is 21.1. The molecule has 0 spiro atoms. The number of hydrogen-bond donors (Lipinski definition) is 3. The van der Waals surface area contributed by atoms with Gasteiger partial charge in [-0.05, 0) is 35.9 Å². The highest BCUT2D eigenvalue weighted by Gasteiger charge is 2.05. The van der Waals surface area contributed by atoms with Gasteiger partial charge in [0.05, 0.1) is 0 Å². The number of carbonyl (C=O) groups excluding carboxylic acids is 2. The molecule has 2 aromatic carbocycles. The molecule has 0 aliphatic rings. The Morgan fingerprint density at radius 1 is 1.04 bits per heavy atom. The molecule has 0 radical (unpaired) electrons. The summed E-state index contributed by atoms with van der Waals surface area (Å²) in [7, 11) is 0. The third-order valence-electron chi connectivity index (χ3n) is 2.81. The predicted octanol–water partition coefficient (Wildman–Crippen LogP) is 2.29. The Kier molecular flexibility index (Phi) is 5.35. The molecular formula is C17H15NO5. The molecule has 0 saturated heterocycles. The van der Waals surface area contributed by atoms with E-state index in [4.69, 9.17) is 4.74 Å². The van der Waals surface area contributed by atoms with Gasteiger partial charge in [0.15, 0.2) is 18.1 Å². The van der Waals surface area contributed by atoms with Crippen LogP contribution in [0.4, 0.5) is 5.69 Å². The van der Waals surface area contributed by atoms with E-state index in [0.717, 1.165) is 6.08 Å². The summed E-state index contributed by atoms with van der Waals surface area (Å²) >= 11 is 0. The molecule has 23 heavy (non-hydrogen) atoms. The minimum absolute atomic E-state index is 0.248. The lowest BCUT2D eigenvalue weighted by Gasteiger charge is -2.04. The first-order chi connectivity index (χ1) is 11.0. The van der Waals surface area contributed by atoms with E-state index in [9.17, 15) is 19.8 Å². The molecule has 0 heterocycles. The zero-order chi connectivity index (χ0) is 16.7. The van der Waals surface area contributed by atoms with Crippen LogP contribution in [0.3, 0.4) is 0 Å². The standard InChI is InChI=1S/C17H15NO5/c19-14-8-6-12(10-15(14)20)7-9-17(22)23-11-16(21)18-13-4-2-1-3-5-13/h1-10,19-20H,11H2,(H,18,21)/b9-7+. The SMILES string of the molecule is O=C(COC(=O)/C=C/c1ccc(O)c(O)c1)Nc1ccccc1. The largest absolute Gasteiger partial charge is 0.504 e. The lowest BCUT2D eigenvalue weighted by molar-refractivity contribution is -0.142. The van der Waals surface area contributed by atoms with Crippen LogP contribution >= 0.6 is 0 Å². The van der Waals surface area contributed by atoms with Crippen molar-refractivity contribution in [1.29, 1.82) is 0 Å². The number of amides is 1. The molecule has 0 fully saturated rings. The van der Waals surface area contributed by atoms with E-state index in [1.807, 2.05) is 6.07 Å². The molecule has 1 amide bonds. The zero-order valence-corrected chi connectivity index (χ0v) is 12.1. The van der Waals surface area contributed by atoms with Crippen LogP contribution in [0, 0.1) is 0 Å². The van der Waals surface area contributed by atoms with Crippen molar-refractivity contribution in [2.24, 2.45) is 0 Å². The summed E-state index contributed by atoms with van der Waals surface area (Å²) in [6, 6.07) is 12.9. The first kappa shape index (κ1) is 16.1. The average molecular weight is 313 g/mol. The minimum atomic E-state index is -0.694. The number of benzene rings is 2. The average Bonchev–Trinajstić information content (AvgIpc) is 2.55. The van der Waals surface area contributed by atoms with Gasteiger partial charge in [-0.1, -0.05) is 24.3 Å². The maximum Gasteiger partial charge on any atom is 0.331 e. The molecule has 0 aliphatic heterocycles. The minimum Gasteiger partial charge on any atom is -0.504 e. The smallest absolute Gasteiger partial charge is 0.331 e. The first-order valence-electron chi connectivity index (χ1n) is 6.76. The maximum atomic E-state index is 11.6. The van der Waals surface area contributed by atoms with E-state index in [1.165, 1.54) is 24.3 Å². The predicted molar refractivity (Wildman–Crippen MR) is 84.8 cm³/mol. The summed E-state index contributed by atoms with van der Waals surface area (Å²) in [6.45, 7) is -0.404. The normalized spacial score (nSPS) is 10.4. The Bertz CT molecular complexity index is 725. The monoisotopic (exact) mass is 313 g/mol. The number of carbonyl (C=O) groups is 2. The van der Waals surface area contributed by atoms with Gasteiger partial charge in [0.25, 0.3) is 5.91 Å². The summed E-state index contributed by atoms with van der Waals surface area (Å²) in [6.07, 6.45) is 2.53. The highest BCUT2D eigenvalue weighted by atomic mass is 16.5. The topological polar surface area (TPSA) is 95.9 Å². The third-order valence-corrected chi connectivity index (χ3v) is 2.81. The van der Waals surface area contributed by atoms with Gasteiger partial charge >= 0.3 is 5.97 Å². The van der Waals surface area contributed by atoms with Crippen molar-refractivity contribution in [3.05, 3.63) is 60.2 Å². The van der Waals surface area contributed by atoms with Gasteiger partial charge in [0.1, 0.15) is 0 Å². The van der Waals surface area contributed by atoms with Crippen LogP contribution in [0.15, 0.2) is 54.6 Å². The molecule has 118 valence electrons. The summed E-state index contributed by atoms with van der Waals surface area (Å²) in [4.78, 5) is 23.1. The van der Waals surface area contributed by atoms with Gasteiger partial charge in [-0.25, -0.2) is 4.79 Å². The fraction of sp³-hybridized carbons (Fsp3) is 0.0588. The van der Waals surface area contributed by atoms with Crippen molar-refractivity contribution in [2.75, 3.05) is 11.9 Å². The molecule has 0 aromatic heterocycles. The number of ether oxygens (including phenoxy) is 1. The van der Waals surface area contributed by atoms with Gasteiger partial charge in [-0.2, -0.15) is 0 Å². The number of phenols is 2. The number of hydrogen-bond acceptors (Lipinski definition) is 5. The Hall–Kier alpha value is -3.28. The van der Waals surface area contributed by atoms with E-state index in [-0.39, 0.29) is 11.5 Å². The summed E-state index contributed by atoms with van der Waals surface area (Å²) < 4.78 is 4.80. The molecule has 6 nitrogen and oxygen atoms in total.